The van der Waals surface area contributed by atoms with Gasteiger partial charge in [0.25, 0.3) is 5.91 Å². The second kappa shape index (κ2) is 7.34. The summed E-state index contributed by atoms with van der Waals surface area (Å²) in [6.07, 6.45) is 0. The molecule has 1 amide bonds. The number of anilines is 1. The monoisotopic (exact) mass is 343 g/mol. The maximum Gasteiger partial charge on any atom is 0.342 e. The number of esters is 1. The van der Waals surface area contributed by atoms with Gasteiger partial charge in [0.05, 0.1) is 0 Å². The largest absolute Gasteiger partial charge is 0.452 e. The third-order valence-electron chi connectivity index (χ3n) is 3.81. The number of carbonyl (C=O) groups excluding carboxylic acids is 2. The lowest BCUT2D eigenvalue weighted by Gasteiger charge is -2.13. The van der Waals surface area contributed by atoms with Gasteiger partial charge >= 0.3 is 11.6 Å². The molecule has 1 aromatic heterocycles. The fourth-order valence-corrected chi connectivity index (χ4v) is 2.82. The Balaban J connectivity index is 2.06. The molecule has 0 unspecified atom stereocenters. The minimum atomic E-state index is -0.703. The second-order valence-electron chi connectivity index (χ2n) is 6.08. The SMILES string of the molecule is Cc1cc(C)c(NC(=O)COC(=O)c2c(C)cc(=O)oc2C)c(C)c1. The quantitative estimate of drug-likeness (QED) is 0.863. The van der Waals surface area contributed by atoms with Gasteiger partial charge in [0.2, 0.25) is 0 Å². The molecule has 25 heavy (non-hydrogen) atoms. The highest BCUT2D eigenvalue weighted by molar-refractivity contribution is 5.97. The van der Waals surface area contributed by atoms with Gasteiger partial charge in [-0.1, -0.05) is 17.7 Å². The van der Waals surface area contributed by atoms with Gasteiger partial charge in [-0.05, 0) is 51.3 Å². The van der Waals surface area contributed by atoms with Crippen molar-refractivity contribution in [3.63, 3.8) is 0 Å². The van der Waals surface area contributed by atoms with Gasteiger partial charge in [-0.15, -0.1) is 0 Å². The zero-order valence-corrected chi connectivity index (χ0v) is 15.0. The van der Waals surface area contributed by atoms with E-state index in [0.29, 0.717) is 11.3 Å². The topological polar surface area (TPSA) is 85.6 Å². The van der Waals surface area contributed by atoms with E-state index in [1.165, 1.54) is 13.0 Å². The Labute approximate surface area is 145 Å². The van der Waals surface area contributed by atoms with E-state index in [2.05, 4.69) is 5.32 Å². The minimum absolute atomic E-state index is 0.162. The van der Waals surface area contributed by atoms with Crippen LogP contribution in [0.2, 0.25) is 0 Å². The van der Waals surface area contributed by atoms with E-state index in [1.807, 2.05) is 32.9 Å². The van der Waals surface area contributed by atoms with Gasteiger partial charge in [-0.3, -0.25) is 4.79 Å². The number of nitrogens with one attached hydrogen (secondary N) is 1. The smallest absolute Gasteiger partial charge is 0.342 e. The molecule has 0 saturated carbocycles. The van der Waals surface area contributed by atoms with Crippen LogP contribution in [0.15, 0.2) is 27.4 Å². The Morgan fingerprint density at radius 1 is 1.00 bits per heavy atom. The molecule has 6 heteroatoms. The van der Waals surface area contributed by atoms with Crippen LogP contribution in [-0.2, 0) is 9.53 Å². The molecule has 0 aliphatic carbocycles. The molecule has 0 radical (unpaired) electrons. The predicted octanol–water partition coefficient (Wildman–Crippen LogP) is 2.98. The molecule has 0 saturated heterocycles. The Kier molecular flexibility index (Phi) is 5.41. The molecule has 2 rings (SSSR count). The average molecular weight is 343 g/mol. The summed E-state index contributed by atoms with van der Waals surface area (Å²) in [7, 11) is 0. The molecule has 0 aliphatic heterocycles. The molecule has 1 N–H and O–H groups in total. The fourth-order valence-electron chi connectivity index (χ4n) is 2.82. The van der Waals surface area contributed by atoms with Crippen molar-refractivity contribution in [2.75, 3.05) is 11.9 Å². The summed E-state index contributed by atoms with van der Waals surface area (Å²) in [5, 5.41) is 2.76. The number of carbonyl (C=O) groups is 2. The number of benzene rings is 1. The first-order valence-corrected chi connectivity index (χ1v) is 7.85. The van der Waals surface area contributed by atoms with Gasteiger partial charge in [0.15, 0.2) is 6.61 Å². The van der Waals surface area contributed by atoms with Crippen LogP contribution in [0, 0.1) is 34.6 Å². The summed E-state index contributed by atoms with van der Waals surface area (Å²) < 4.78 is 9.95. The van der Waals surface area contributed by atoms with Crippen molar-refractivity contribution in [2.24, 2.45) is 0 Å². The normalized spacial score (nSPS) is 10.4. The van der Waals surface area contributed by atoms with Crippen LogP contribution in [0.4, 0.5) is 5.69 Å². The van der Waals surface area contributed by atoms with Crippen molar-refractivity contribution < 1.29 is 18.7 Å². The standard InChI is InChI=1S/C19H21NO5/c1-10-6-12(3)18(13(4)7-10)20-15(21)9-24-19(23)17-11(2)8-16(22)25-14(17)5/h6-8H,9H2,1-5H3,(H,20,21). The van der Waals surface area contributed by atoms with Gasteiger partial charge in [0.1, 0.15) is 11.3 Å². The molecule has 132 valence electrons. The molecule has 2 aromatic rings. The zero-order chi connectivity index (χ0) is 18.7. The highest BCUT2D eigenvalue weighted by atomic mass is 16.5. The highest BCUT2D eigenvalue weighted by Gasteiger charge is 2.18. The van der Waals surface area contributed by atoms with E-state index in [-0.39, 0.29) is 11.3 Å². The fraction of sp³-hybridized carbons (Fsp3) is 0.316. The molecule has 1 aromatic carbocycles. The van der Waals surface area contributed by atoms with Crippen molar-refractivity contribution in [1.29, 1.82) is 0 Å². The van der Waals surface area contributed by atoms with Gasteiger partial charge < -0.3 is 14.5 Å². The molecular weight excluding hydrogens is 322 g/mol. The van der Waals surface area contributed by atoms with E-state index in [4.69, 9.17) is 9.15 Å². The minimum Gasteiger partial charge on any atom is -0.452 e. The van der Waals surface area contributed by atoms with Crippen molar-refractivity contribution in [3.8, 4) is 0 Å². The summed E-state index contributed by atoms with van der Waals surface area (Å²) in [6.45, 7) is 8.48. The number of aryl methyl sites for hydroxylation is 5. The van der Waals surface area contributed by atoms with Crippen LogP contribution in [0.25, 0.3) is 0 Å². The van der Waals surface area contributed by atoms with Gasteiger partial charge in [0, 0.05) is 11.8 Å². The van der Waals surface area contributed by atoms with Gasteiger partial charge in [-0.25, -0.2) is 9.59 Å². The van der Waals surface area contributed by atoms with Crippen LogP contribution >= 0.6 is 0 Å². The van der Waals surface area contributed by atoms with Crippen molar-refractivity contribution >= 4 is 17.6 Å². The summed E-state index contributed by atoms with van der Waals surface area (Å²) in [6, 6.07) is 5.14. The first-order chi connectivity index (χ1) is 11.7. The Morgan fingerprint density at radius 2 is 1.60 bits per heavy atom. The molecule has 1 heterocycles. The lowest BCUT2D eigenvalue weighted by atomic mass is 10.1. The molecule has 0 fully saturated rings. The number of hydrogen-bond acceptors (Lipinski definition) is 5. The number of amides is 1. The average Bonchev–Trinajstić information content (AvgIpc) is 2.47. The lowest BCUT2D eigenvalue weighted by molar-refractivity contribution is -0.119. The molecule has 0 spiro atoms. The molecule has 0 bridgehead atoms. The zero-order valence-electron chi connectivity index (χ0n) is 15.0. The van der Waals surface area contributed by atoms with E-state index in [0.717, 1.165) is 16.7 Å². The van der Waals surface area contributed by atoms with Crippen LogP contribution in [0.5, 0.6) is 0 Å². The maximum absolute atomic E-state index is 12.2. The molecule has 0 aliphatic rings. The Hall–Kier alpha value is -2.89. The lowest BCUT2D eigenvalue weighted by Crippen LogP contribution is -2.23. The Morgan fingerprint density at radius 3 is 2.16 bits per heavy atom. The van der Waals surface area contributed by atoms with Gasteiger partial charge in [-0.2, -0.15) is 0 Å². The summed E-state index contributed by atoms with van der Waals surface area (Å²) in [5.41, 5.74) is 3.78. The third-order valence-corrected chi connectivity index (χ3v) is 3.81. The number of rotatable bonds is 4. The summed E-state index contributed by atoms with van der Waals surface area (Å²) >= 11 is 0. The van der Waals surface area contributed by atoms with E-state index in [1.54, 1.807) is 6.92 Å². The Bertz CT molecular complexity index is 846. The maximum atomic E-state index is 12.2. The summed E-state index contributed by atoms with van der Waals surface area (Å²) in [5.74, 6) is -0.969. The second-order valence-corrected chi connectivity index (χ2v) is 6.08. The highest BCUT2D eigenvalue weighted by Crippen LogP contribution is 2.21. The molecule has 6 nitrogen and oxygen atoms in total. The number of ether oxygens (including phenoxy) is 1. The molecular formula is C19H21NO5. The first kappa shape index (κ1) is 18.4. The van der Waals surface area contributed by atoms with Crippen LogP contribution in [0.1, 0.15) is 38.4 Å². The predicted molar refractivity (Wildman–Crippen MR) is 94.0 cm³/mol. The van der Waals surface area contributed by atoms with Crippen molar-refractivity contribution in [1.82, 2.24) is 0 Å². The van der Waals surface area contributed by atoms with E-state index >= 15 is 0 Å². The van der Waals surface area contributed by atoms with Crippen LogP contribution in [-0.4, -0.2) is 18.5 Å². The van der Waals surface area contributed by atoms with E-state index < -0.39 is 24.1 Å². The van der Waals surface area contributed by atoms with Crippen LogP contribution in [0.3, 0.4) is 0 Å². The van der Waals surface area contributed by atoms with Crippen molar-refractivity contribution in [3.05, 3.63) is 62.2 Å². The van der Waals surface area contributed by atoms with E-state index in [9.17, 15) is 14.4 Å². The first-order valence-electron chi connectivity index (χ1n) is 7.85. The molecule has 0 atom stereocenters. The number of hydrogen-bond donors (Lipinski definition) is 1. The summed E-state index contributed by atoms with van der Waals surface area (Å²) in [4.78, 5) is 35.5. The third kappa shape index (κ3) is 4.35. The van der Waals surface area contributed by atoms with Crippen molar-refractivity contribution in [2.45, 2.75) is 34.6 Å². The van der Waals surface area contributed by atoms with Crippen LogP contribution < -0.4 is 10.9 Å².